The standard InChI is InChI=1S/C13H26N2O2/c1-12(16)8-4-3-7-11-15-13(17)9-5-2-6-10-14/h2-11,14H2,1H3,(H,15,17). The molecular weight excluding hydrogens is 216 g/mol. The van der Waals surface area contributed by atoms with Crippen molar-refractivity contribution in [3.63, 3.8) is 0 Å². The topological polar surface area (TPSA) is 72.2 Å². The number of ketones is 1. The Kier molecular flexibility index (Phi) is 11.0. The number of carbonyl (C=O) groups is 2. The molecule has 0 bridgehead atoms. The van der Waals surface area contributed by atoms with E-state index in [0.717, 1.165) is 45.1 Å². The van der Waals surface area contributed by atoms with Gasteiger partial charge < -0.3 is 15.8 Å². The van der Waals surface area contributed by atoms with Gasteiger partial charge in [0.2, 0.25) is 5.91 Å². The van der Waals surface area contributed by atoms with Gasteiger partial charge in [-0.25, -0.2) is 0 Å². The van der Waals surface area contributed by atoms with Gasteiger partial charge in [0.15, 0.2) is 0 Å². The zero-order chi connectivity index (χ0) is 12.9. The first-order chi connectivity index (χ1) is 8.16. The fraction of sp³-hybridized carbons (Fsp3) is 0.846. The highest BCUT2D eigenvalue weighted by Crippen LogP contribution is 2.01. The van der Waals surface area contributed by atoms with Gasteiger partial charge in [-0.1, -0.05) is 12.8 Å². The normalized spacial score (nSPS) is 10.2. The van der Waals surface area contributed by atoms with Crippen LogP contribution < -0.4 is 11.1 Å². The summed E-state index contributed by atoms with van der Waals surface area (Å²) in [7, 11) is 0. The summed E-state index contributed by atoms with van der Waals surface area (Å²) < 4.78 is 0. The summed E-state index contributed by atoms with van der Waals surface area (Å²) in [5, 5.41) is 2.89. The SMILES string of the molecule is CC(=O)CCCCCNC(=O)CCCCCN. The number of hydrogen-bond donors (Lipinski definition) is 2. The summed E-state index contributed by atoms with van der Waals surface area (Å²) in [6.07, 6.45) is 7.12. The van der Waals surface area contributed by atoms with Crippen molar-refractivity contribution in [2.24, 2.45) is 5.73 Å². The fourth-order valence-corrected chi connectivity index (χ4v) is 1.60. The second-order valence-corrected chi connectivity index (χ2v) is 4.46. The van der Waals surface area contributed by atoms with Crippen molar-refractivity contribution in [2.75, 3.05) is 13.1 Å². The van der Waals surface area contributed by atoms with Crippen molar-refractivity contribution in [1.82, 2.24) is 5.32 Å². The lowest BCUT2D eigenvalue weighted by Crippen LogP contribution is -2.24. The number of nitrogens with one attached hydrogen (secondary N) is 1. The number of carbonyl (C=O) groups excluding carboxylic acids is 2. The van der Waals surface area contributed by atoms with E-state index in [-0.39, 0.29) is 11.7 Å². The smallest absolute Gasteiger partial charge is 0.219 e. The average molecular weight is 242 g/mol. The van der Waals surface area contributed by atoms with Crippen molar-refractivity contribution < 1.29 is 9.59 Å². The van der Waals surface area contributed by atoms with Crippen molar-refractivity contribution in [2.45, 2.75) is 58.3 Å². The quantitative estimate of drug-likeness (QED) is 0.542. The van der Waals surface area contributed by atoms with Crippen molar-refractivity contribution in [3.05, 3.63) is 0 Å². The van der Waals surface area contributed by atoms with Crippen molar-refractivity contribution >= 4 is 11.7 Å². The van der Waals surface area contributed by atoms with Crippen molar-refractivity contribution in [1.29, 1.82) is 0 Å². The van der Waals surface area contributed by atoms with E-state index in [2.05, 4.69) is 5.32 Å². The third-order valence-electron chi connectivity index (χ3n) is 2.64. The molecule has 100 valence electrons. The first-order valence-electron chi connectivity index (χ1n) is 6.63. The molecule has 0 atom stereocenters. The maximum Gasteiger partial charge on any atom is 0.219 e. The van der Waals surface area contributed by atoms with Gasteiger partial charge in [-0.15, -0.1) is 0 Å². The number of rotatable bonds is 11. The lowest BCUT2D eigenvalue weighted by molar-refractivity contribution is -0.121. The summed E-state index contributed by atoms with van der Waals surface area (Å²) in [4.78, 5) is 22.0. The number of unbranched alkanes of at least 4 members (excludes halogenated alkanes) is 4. The largest absolute Gasteiger partial charge is 0.356 e. The van der Waals surface area contributed by atoms with E-state index in [1.165, 1.54) is 0 Å². The molecular formula is C13H26N2O2. The molecule has 0 aliphatic carbocycles. The van der Waals surface area contributed by atoms with Gasteiger partial charge in [0.1, 0.15) is 5.78 Å². The molecule has 0 saturated heterocycles. The molecule has 0 aromatic carbocycles. The van der Waals surface area contributed by atoms with Crippen LogP contribution in [0.4, 0.5) is 0 Å². The van der Waals surface area contributed by atoms with Crippen LogP contribution >= 0.6 is 0 Å². The van der Waals surface area contributed by atoms with Crippen LogP contribution in [-0.2, 0) is 9.59 Å². The molecule has 0 unspecified atom stereocenters. The van der Waals surface area contributed by atoms with E-state index in [0.29, 0.717) is 19.4 Å². The van der Waals surface area contributed by atoms with Gasteiger partial charge in [0, 0.05) is 19.4 Å². The van der Waals surface area contributed by atoms with Crippen LogP contribution in [0.1, 0.15) is 58.3 Å². The van der Waals surface area contributed by atoms with E-state index in [4.69, 9.17) is 5.73 Å². The molecule has 17 heavy (non-hydrogen) atoms. The maximum absolute atomic E-state index is 11.4. The van der Waals surface area contributed by atoms with Crippen LogP contribution in [0.25, 0.3) is 0 Å². The molecule has 0 radical (unpaired) electrons. The molecule has 0 spiro atoms. The summed E-state index contributed by atoms with van der Waals surface area (Å²) in [5.41, 5.74) is 5.37. The van der Waals surface area contributed by atoms with Gasteiger partial charge >= 0.3 is 0 Å². The monoisotopic (exact) mass is 242 g/mol. The van der Waals surface area contributed by atoms with E-state index < -0.39 is 0 Å². The third-order valence-corrected chi connectivity index (χ3v) is 2.64. The zero-order valence-corrected chi connectivity index (χ0v) is 11.0. The Bertz CT molecular complexity index is 217. The number of Topliss-reactive ketones (excluding diaryl/α,β-unsaturated/α-hetero) is 1. The molecule has 1 amide bonds. The molecule has 0 aromatic rings. The van der Waals surface area contributed by atoms with E-state index in [1.54, 1.807) is 6.92 Å². The third kappa shape index (κ3) is 13.0. The minimum absolute atomic E-state index is 0.133. The molecule has 0 saturated carbocycles. The molecule has 4 nitrogen and oxygen atoms in total. The van der Waals surface area contributed by atoms with Crippen LogP contribution in [0.2, 0.25) is 0 Å². The Morgan fingerprint density at radius 1 is 0.941 bits per heavy atom. The van der Waals surface area contributed by atoms with Crippen LogP contribution in [-0.4, -0.2) is 24.8 Å². The second-order valence-electron chi connectivity index (χ2n) is 4.46. The summed E-state index contributed by atoms with van der Waals surface area (Å²) >= 11 is 0. The predicted molar refractivity (Wildman–Crippen MR) is 69.7 cm³/mol. The van der Waals surface area contributed by atoms with E-state index in [9.17, 15) is 9.59 Å². The second kappa shape index (κ2) is 11.6. The minimum Gasteiger partial charge on any atom is -0.356 e. The van der Waals surface area contributed by atoms with E-state index in [1.807, 2.05) is 0 Å². The number of hydrogen-bond acceptors (Lipinski definition) is 3. The van der Waals surface area contributed by atoms with Crippen molar-refractivity contribution in [3.8, 4) is 0 Å². The fourth-order valence-electron chi connectivity index (χ4n) is 1.60. The predicted octanol–water partition coefficient (Wildman–Crippen LogP) is 1.77. The highest BCUT2D eigenvalue weighted by molar-refractivity contribution is 5.75. The molecule has 4 heteroatoms. The first-order valence-corrected chi connectivity index (χ1v) is 6.63. The molecule has 3 N–H and O–H groups in total. The minimum atomic E-state index is 0.133. The van der Waals surface area contributed by atoms with Crippen LogP contribution in [0.15, 0.2) is 0 Å². The summed E-state index contributed by atoms with van der Waals surface area (Å²) in [6.45, 7) is 3.05. The zero-order valence-electron chi connectivity index (χ0n) is 11.0. The Morgan fingerprint density at radius 2 is 1.59 bits per heavy atom. The highest BCUT2D eigenvalue weighted by atomic mass is 16.1. The Labute approximate surface area is 104 Å². The molecule has 0 heterocycles. The average Bonchev–Trinajstić information content (AvgIpc) is 2.29. The lowest BCUT2D eigenvalue weighted by atomic mass is 10.1. The molecule has 0 aliphatic rings. The number of nitrogens with two attached hydrogens (primary N) is 1. The van der Waals surface area contributed by atoms with Gasteiger partial charge in [-0.2, -0.15) is 0 Å². The molecule has 0 rings (SSSR count). The molecule has 0 aromatic heterocycles. The number of amides is 1. The van der Waals surface area contributed by atoms with Gasteiger partial charge in [0.25, 0.3) is 0 Å². The molecule has 0 fully saturated rings. The van der Waals surface area contributed by atoms with Gasteiger partial charge in [-0.3, -0.25) is 4.79 Å². The Balaban J connectivity index is 3.19. The van der Waals surface area contributed by atoms with Crippen LogP contribution in [0.3, 0.4) is 0 Å². The molecule has 0 aliphatic heterocycles. The maximum atomic E-state index is 11.4. The lowest BCUT2D eigenvalue weighted by Gasteiger charge is -2.04. The first kappa shape index (κ1) is 16.1. The Hall–Kier alpha value is -0.900. The van der Waals surface area contributed by atoms with E-state index >= 15 is 0 Å². The highest BCUT2D eigenvalue weighted by Gasteiger charge is 2.00. The summed E-state index contributed by atoms with van der Waals surface area (Å²) in [5.74, 6) is 0.377. The summed E-state index contributed by atoms with van der Waals surface area (Å²) in [6, 6.07) is 0. The van der Waals surface area contributed by atoms with Gasteiger partial charge in [0.05, 0.1) is 0 Å². The Morgan fingerprint density at radius 3 is 2.24 bits per heavy atom. The van der Waals surface area contributed by atoms with Crippen LogP contribution in [0, 0.1) is 0 Å². The van der Waals surface area contributed by atoms with Crippen LogP contribution in [0.5, 0.6) is 0 Å². The van der Waals surface area contributed by atoms with Gasteiger partial charge in [-0.05, 0) is 39.2 Å².